The Labute approximate surface area is 157 Å². The lowest BCUT2D eigenvalue weighted by molar-refractivity contribution is -0.383. The van der Waals surface area contributed by atoms with Crippen molar-refractivity contribution < 1.29 is 14.5 Å². The summed E-state index contributed by atoms with van der Waals surface area (Å²) in [6.07, 6.45) is 0. The number of anilines is 2. The average Bonchev–Trinajstić information content (AvgIpc) is 2.58. The quantitative estimate of drug-likeness (QED) is 0.576. The number of nitrogens with one attached hydrogen (secondary N) is 2. The smallest absolute Gasteiger partial charge is 0.292 e. The largest absolute Gasteiger partial charge is 0.325 e. The summed E-state index contributed by atoms with van der Waals surface area (Å²) in [7, 11) is 1.63. The predicted molar refractivity (Wildman–Crippen MR) is 104 cm³/mol. The molecule has 0 saturated carbocycles. The number of likely N-dealkylation sites (N-methyl/N-ethyl adjacent to an activating group) is 1. The Morgan fingerprint density at radius 1 is 0.963 bits per heavy atom. The van der Waals surface area contributed by atoms with E-state index >= 15 is 0 Å². The van der Waals surface area contributed by atoms with Gasteiger partial charge >= 0.3 is 0 Å². The highest BCUT2D eigenvalue weighted by atomic mass is 16.6. The summed E-state index contributed by atoms with van der Waals surface area (Å²) in [4.78, 5) is 36.3. The fraction of sp³-hybridized carbons (Fsp3) is 0.263. The van der Waals surface area contributed by atoms with Gasteiger partial charge in [-0.05, 0) is 44.2 Å². The Bertz CT molecular complexity index is 867. The molecular weight excluding hydrogens is 348 g/mol. The summed E-state index contributed by atoms with van der Waals surface area (Å²) in [5.74, 6) is -0.684. The van der Waals surface area contributed by atoms with Gasteiger partial charge in [-0.15, -0.1) is 0 Å². The zero-order chi connectivity index (χ0) is 20.0. The van der Waals surface area contributed by atoms with Gasteiger partial charge in [0.05, 0.1) is 18.0 Å². The summed E-state index contributed by atoms with van der Waals surface area (Å²) >= 11 is 0. The van der Waals surface area contributed by atoms with Gasteiger partial charge in [0.15, 0.2) is 0 Å². The Morgan fingerprint density at radius 2 is 1.52 bits per heavy atom. The van der Waals surface area contributed by atoms with Crippen LogP contribution >= 0.6 is 0 Å². The number of para-hydroxylation sites is 2. The molecule has 142 valence electrons. The van der Waals surface area contributed by atoms with Crippen LogP contribution in [0.25, 0.3) is 0 Å². The standard InChI is InChI=1S/C19H22N4O4/c1-13-7-6-9-15(14(13)2)20-18(24)11-22(3)12-19(25)21-16-8-4-5-10-17(16)23(26)27/h4-10H,11-12H2,1-3H3,(H,20,24)(H,21,25). The van der Waals surface area contributed by atoms with Crippen LogP contribution in [0.5, 0.6) is 0 Å². The van der Waals surface area contributed by atoms with Crippen molar-refractivity contribution in [2.24, 2.45) is 0 Å². The van der Waals surface area contributed by atoms with E-state index in [-0.39, 0.29) is 30.4 Å². The number of carbonyl (C=O) groups is 2. The second kappa shape index (κ2) is 8.91. The summed E-state index contributed by atoms with van der Waals surface area (Å²) < 4.78 is 0. The predicted octanol–water partition coefficient (Wildman–Crippen LogP) is 2.72. The molecule has 0 unspecified atom stereocenters. The number of nitro benzene ring substituents is 1. The molecule has 2 amide bonds. The molecular formula is C19H22N4O4. The topological polar surface area (TPSA) is 105 Å². The van der Waals surface area contributed by atoms with Crippen molar-refractivity contribution in [3.63, 3.8) is 0 Å². The highest BCUT2D eigenvalue weighted by molar-refractivity contribution is 5.96. The van der Waals surface area contributed by atoms with Crippen molar-refractivity contribution in [2.45, 2.75) is 13.8 Å². The molecule has 0 saturated heterocycles. The molecule has 8 heteroatoms. The molecule has 0 fully saturated rings. The van der Waals surface area contributed by atoms with Gasteiger partial charge in [-0.25, -0.2) is 0 Å². The lowest BCUT2D eigenvalue weighted by Crippen LogP contribution is -2.36. The molecule has 0 atom stereocenters. The maximum Gasteiger partial charge on any atom is 0.292 e. The third-order valence-electron chi connectivity index (χ3n) is 4.08. The molecule has 2 aromatic rings. The first-order valence-corrected chi connectivity index (χ1v) is 8.36. The van der Waals surface area contributed by atoms with Gasteiger partial charge in [0.25, 0.3) is 5.69 Å². The minimum Gasteiger partial charge on any atom is -0.325 e. The average molecular weight is 370 g/mol. The maximum atomic E-state index is 12.2. The van der Waals surface area contributed by atoms with E-state index < -0.39 is 10.8 Å². The molecule has 0 bridgehead atoms. The first kappa shape index (κ1) is 20.1. The summed E-state index contributed by atoms with van der Waals surface area (Å²) in [6, 6.07) is 11.6. The molecule has 0 aromatic heterocycles. The van der Waals surface area contributed by atoms with Crippen molar-refractivity contribution in [1.82, 2.24) is 4.90 Å². The van der Waals surface area contributed by atoms with E-state index in [2.05, 4.69) is 10.6 Å². The Morgan fingerprint density at radius 3 is 2.15 bits per heavy atom. The molecule has 27 heavy (non-hydrogen) atoms. The molecule has 0 aliphatic rings. The number of benzene rings is 2. The number of nitro groups is 1. The molecule has 0 aliphatic carbocycles. The maximum absolute atomic E-state index is 12.2. The van der Waals surface area contributed by atoms with E-state index in [1.54, 1.807) is 13.1 Å². The number of rotatable bonds is 7. The Balaban J connectivity index is 1.90. The first-order chi connectivity index (χ1) is 12.8. The lowest BCUT2D eigenvalue weighted by Gasteiger charge is -2.17. The summed E-state index contributed by atoms with van der Waals surface area (Å²) in [6.45, 7) is 3.82. The van der Waals surface area contributed by atoms with E-state index in [4.69, 9.17) is 0 Å². The molecule has 2 rings (SSSR count). The van der Waals surface area contributed by atoms with Gasteiger partial charge in [-0.3, -0.25) is 24.6 Å². The Hall–Kier alpha value is -3.26. The first-order valence-electron chi connectivity index (χ1n) is 8.36. The second-order valence-corrected chi connectivity index (χ2v) is 6.29. The second-order valence-electron chi connectivity index (χ2n) is 6.29. The van der Waals surface area contributed by atoms with Crippen LogP contribution < -0.4 is 10.6 Å². The van der Waals surface area contributed by atoms with Crippen LogP contribution in [0.1, 0.15) is 11.1 Å². The van der Waals surface area contributed by atoms with Gasteiger partial charge in [-0.2, -0.15) is 0 Å². The number of amides is 2. The van der Waals surface area contributed by atoms with E-state index in [1.165, 1.54) is 23.1 Å². The van der Waals surface area contributed by atoms with Gasteiger partial charge in [-0.1, -0.05) is 24.3 Å². The molecule has 2 N–H and O–H groups in total. The van der Waals surface area contributed by atoms with E-state index in [9.17, 15) is 19.7 Å². The lowest BCUT2D eigenvalue weighted by atomic mass is 10.1. The molecule has 8 nitrogen and oxygen atoms in total. The molecule has 2 aromatic carbocycles. The van der Waals surface area contributed by atoms with Crippen molar-refractivity contribution in [1.29, 1.82) is 0 Å². The fourth-order valence-corrected chi connectivity index (χ4v) is 2.55. The fourth-order valence-electron chi connectivity index (χ4n) is 2.55. The Kier molecular flexibility index (Phi) is 6.62. The van der Waals surface area contributed by atoms with Crippen LogP contribution in [0, 0.1) is 24.0 Å². The zero-order valence-electron chi connectivity index (χ0n) is 15.5. The third-order valence-corrected chi connectivity index (χ3v) is 4.08. The van der Waals surface area contributed by atoms with Crippen molar-refractivity contribution in [3.8, 4) is 0 Å². The third kappa shape index (κ3) is 5.61. The number of aryl methyl sites for hydroxylation is 1. The zero-order valence-corrected chi connectivity index (χ0v) is 15.5. The highest BCUT2D eigenvalue weighted by Gasteiger charge is 2.17. The van der Waals surface area contributed by atoms with Crippen molar-refractivity contribution in [2.75, 3.05) is 30.8 Å². The van der Waals surface area contributed by atoms with Crippen LogP contribution in [0.3, 0.4) is 0 Å². The molecule has 0 spiro atoms. The number of carbonyl (C=O) groups excluding carboxylic acids is 2. The van der Waals surface area contributed by atoms with Crippen LogP contribution in [0.15, 0.2) is 42.5 Å². The van der Waals surface area contributed by atoms with Crippen LogP contribution in [-0.2, 0) is 9.59 Å². The van der Waals surface area contributed by atoms with E-state index in [0.29, 0.717) is 0 Å². The van der Waals surface area contributed by atoms with Gasteiger partial charge < -0.3 is 10.6 Å². The van der Waals surface area contributed by atoms with Gasteiger partial charge in [0.2, 0.25) is 11.8 Å². The van der Waals surface area contributed by atoms with Crippen LogP contribution in [0.4, 0.5) is 17.1 Å². The monoisotopic (exact) mass is 370 g/mol. The number of hydrogen-bond acceptors (Lipinski definition) is 5. The van der Waals surface area contributed by atoms with Crippen molar-refractivity contribution in [3.05, 3.63) is 63.7 Å². The highest BCUT2D eigenvalue weighted by Crippen LogP contribution is 2.23. The minimum absolute atomic E-state index is 0.0116. The normalized spacial score (nSPS) is 10.5. The van der Waals surface area contributed by atoms with E-state index in [0.717, 1.165) is 16.8 Å². The minimum atomic E-state index is -0.559. The number of hydrogen-bond donors (Lipinski definition) is 2. The molecule has 0 aliphatic heterocycles. The summed E-state index contributed by atoms with van der Waals surface area (Å²) in [5.41, 5.74) is 2.74. The van der Waals surface area contributed by atoms with Crippen LogP contribution in [-0.4, -0.2) is 41.8 Å². The number of nitrogens with zero attached hydrogens (tertiary/aromatic N) is 2. The molecule has 0 radical (unpaired) electrons. The summed E-state index contributed by atoms with van der Waals surface area (Å²) in [5, 5.41) is 16.3. The van der Waals surface area contributed by atoms with E-state index in [1.807, 2.05) is 32.0 Å². The van der Waals surface area contributed by atoms with Gasteiger partial charge in [0.1, 0.15) is 5.69 Å². The van der Waals surface area contributed by atoms with Crippen molar-refractivity contribution >= 4 is 28.9 Å². The molecule has 0 heterocycles. The SMILES string of the molecule is Cc1cccc(NC(=O)CN(C)CC(=O)Nc2ccccc2[N+](=O)[O-])c1C. The van der Waals surface area contributed by atoms with Crippen LogP contribution in [0.2, 0.25) is 0 Å². The van der Waals surface area contributed by atoms with Gasteiger partial charge in [0, 0.05) is 11.8 Å².